The summed E-state index contributed by atoms with van der Waals surface area (Å²) in [6.45, 7) is 1.48. The molecular formula is C18H22F3IN8. The molecule has 3 N–H and O–H groups in total. The summed E-state index contributed by atoms with van der Waals surface area (Å²) >= 11 is 0. The molecule has 0 aliphatic heterocycles. The maximum Gasteiger partial charge on any atom is 0.416 e. The molecule has 0 atom stereocenters. The minimum absolute atomic E-state index is 0. The number of hydrogen-bond acceptors (Lipinski definition) is 5. The van der Waals surface area contributed by atoms with Gasteiger partial charge in [0.05, 0.1) is 17.1 Å². The van der Waals surface area contributed by atoms with Crippen molar-refractivity contribution in [2.24, 2.45) is 12.0 Å². The van der Waals surface area contributed by atoms with Crippen molar-refractivity contribution in [1.82, 2.24) is 30.4 Å². The smallest absolute Gasteiger partial charge is 0.368 e. The van der Waals surface area contributed by atoms with Crippen LogP contribution in [0.5, 0.6) is 0 Å². The Bertz CT molecular complexity index is 985. The molecule has 1 aromatic carbocycles. The van der Waals surface area contributed by atoms with E-state index in [1.54, 1.807) is 17.9 Å². The van der Waals surface area contributed by atoms with Crippen LogP contribution in [0.1, 0.15) is 11.1 Å². The highest BCUT2D eigenvalue weighted by molar-refractivity contribution is 14.0. The molecule has 12 heteroatoms. The number of aliphatic imine (C=N–C) groups is 1. The van der Waals surface area contributed by atoms with Gasteiger partial charge >= 0.3 is 6.18 Å². The Morgan fingerprint density at radius 3 is 2.50 bits per heavy atom. The molecule has 0 unspecified atom stereocenters. The van der Waals surface area contributed by atoms with Crippen LogP contribution in [0.4, 0.5) is 19.0 Å². The van der Waals surface area contributed by atoms with Crippen LogP contribution in [0.3, 0.4) is 0 Å². The highest BCUT2D eigenvalue weighted by atomic mass is 127. The lowest BCUT2D eigenvalue weighted by atomic mass is 10.1. The van der Waals surface area contributed by atoms with Crippen LogP contribution in [0.25, 0.3) is 11.0 Å². The van der Waals surface area contributed by atoms with Gasteiger partial charge in [0.1, 0.15) is 12.1 Å². The van der Waals surface area contributed by atoms with Crippen molar-refractivity contribution in [1.29, 1.82) is 0 Å². The third-order valence-electron chi connectivity index (χ3n) is 4.20. The van der Waals surface area contributed by atoms with Crippen molar-refractivity contribution in [3.05, 3.63) is 47.9 Å². The Morgan fingerprint density at radius 1 is 1.10 bits per heavy atom. The zero-order chi connectivity index (χ0) is 20.9. The number of guanidine groups is 1. The molecule has 0 radical (unpaired) electrons. The maximum atomic E-state index is 12.6. The first-order valence-corrected chi connectivity index (χ1v) is 8.85. The molecule has 0 saturated carbocycles. The van der Waals surface area contributed by atoms with Gasteiger partial charge in [0, 0.05) is 33.7 Å². The van der Waals surface area contributed by atoms with Gasteiger partial charge in [-0.3, -0.25) is 9.67 Å². The minimum atomic E-state index is -4.33. The molecule has 0 aliphatic carbocycles. The molecule has 2 heterocycles. The summed E-state index contributed by atoms with van der Waals surface area (Å²) in [5.41, 5.74) is 0.797. The molecular weight excluding hydrogens is 512 g/mol. The van der Waals surface area contributed by atoms with Gasteiger partial charge < -0.3 is 16.0 Å². The largest absolute Gasteiger partial charge is 0.416 e. The topological polar surface area (TPSA) is 92.1 Å². The lowest BCUT2D eigenvalue weighted by molar-refractivity contribution is -0.137. The Balaban J connectivity index is 0.00000320. The first kappa shape index (κ1) is 23.6. The average Bonchev–Trinajstić information content (AvgIpc) is 3.09. The Kier molecular flexibility index (Phi) is 8.20. The van der Waals surface area contributed by atoms with Gasteiger partial charge in [-0.25, -0.2) is 9.97 Å². The highest BCUT2D eigenvalue weighted by Gasteiger charge is 2.29. The van der Waals surface area contributed by atoms with E-state index in [1.807, 2.05) is 7.05 Å². The van der Waals surface area contributed by atoms with Crippen LogP contribution in [0.2, 0.25) is 0 Å². The van der Waals surface area contributed by atoms with E-state index in [2.05, 4.69) is 36.0 Å². The summed E-state index contributed by atoms with van der Waals surface area (Å²) in [6.07, 6.45) is -1.15. The predicted octanol–water partition coefficient (Wildman–Crippen LogP) is 2.78. The number of benzene rings is 1. The number of nitrogens with one attached hydrogen (secondary N) is 3. The molecule has 2 aromatic heterocycles. The number of halogens is 4. The van der Waals surface area contributed by atoms with Crippen LogP contribution in [-0.2, 0) is 19.8 Å². The minimum Gasteiger partial charge on any atom is -0.368 e. The number of rotatable bonds is 6. The third-order valence-corrected chi connectivity index (χ3v) is 4.20. The van der Waals surface area contributed by atoms with E-state index in [0.717, 1.165) is 28.7 Å². The Hall–Kier alpha value is -2.64. The molecule has 162 valence electrons. The fourth-order valence-corrected chi connectivity index (χ4v) is 2.68. The number of aromatic nitrogens is 4. The number of aryl methyl sites for hydroxylation is 1. The van der Waals surface area contributed by atoms with Crippen LogP contribution in [0, 0.1) is 0 Å². The lowest BCUT2D eigenvalue weighted by Gasteiger charge is -2.13. The monoisotopic (exact) mass is 534 g/mol. The molecule has 0 aliphatic rings. The van der Waals surface area contributed by atoms with E-state index in [1.165, 1.54) is 18.5 Å². The first-order valence-electron chi connectivity index (χ1n) is 8.85. The van der Waals surface area contributed by atoms with Crippen LogP contribution in [-0.4, -0.2) is 45.8 Å². The van der Waals surface area contributed by atoms with E-state index in [4.69, 9.17) is 0 Å². The molecule has 0 fully saturated rings. The van der Waals surface area contributed by atoms with Gasteiger partial charge in [-0.1, -0.05) is 12.1 Å². The molecule has 8 nitrogen and oxygen atoms in total. The van der Waals surface area contributed by atoms with Crippen LogP contribution in [0.15, 0.2) is 41.8 Å². The van der Waals surface area contributed by atoms with E-state index in [0.29, 0.717) is 31.4 Å². The zero-order valence-corrected chi connectivity index (χ0v) is 18.7. The summed E-state index contributed by atoms with van der Waals surface area (Å²) in [6, 6.07) is 5.02. The fraction of sp³-hybridized carbons (Fsp3) is 0.333. The van der Waals surface area contributed by atoms with Gasteiger partial charge in [0.2, 0.25) is 0 Å². The van der Waals surface area contributed by atoms with Gasteiger partial charge in [-0.05, 0) is 17.7 Å². The number of anilines is 1. The molecule has 30 heavy (non-hydrogen) atoms. The van der Waals surface area contributed by atoms with Crippen molar-refractivity contribution in [2.45, 2.75) is 12.7 Å². The van der Waals surface area contributed by atoms with E-state index in [-0.39, 0.29) is 24.0 Å². The van der Waals surface area contributed by atoms with Crippen molar-refractivity contribution in [2.75, 3.05) is 25.5 Å². The fourth-order valence-electron chi connectivity index (χ4n) is 2.68. The second kappa shape index (κ2) is 10.4. The summed E-state index contributed by atoms with van der Waals surface area (Å²) < 4.78 is 39.5. The van der Waals surface area contributed by atoms with Crippen LogP contribution >= 0.6 is 24.0 Å². The van der Waals surface area contributed by atoms with Crippen LogP contribution < -0.4 is 16.0 Å². The van der Waals surface area contributed by atoms with Crippen molar-refractivity contribution < 1.29 is 13.2 Å². The molecule has 3 aromatic rings. The van der Waals surface area contributed by atoms with Gasteiger partial charge in [0.15, 0.2) is 11.6 Å². The standard InChI is InChI=1S/C18H21F3N8.HI/c1-22-17(25-9-12-3-5-13(6-4-12)18(19,20)21)24-8-7-23-15-14-10-28-29(2)16(14)27-11-26-15;/h3-6,10-11H,7-9H2,1-2H3,(H2,22,24,25)(H,23,26,27);1H. The number of fused-ring (bicyclic) bond motifs is 1. The number of hydrogen-bond donors (Lipinski definition) is 3. The molecule has 0 spiro atoms. The van der Waals surface area contributed by atoms with E-state index < -0.39 is 11.7 Å². The quantitative estimate of drug-likeness (QED) is 0.195. The second-order valence-corrected chi connectivity index (χ2v) is 6.20. The highest BCUT2D eigenvalue weighted by Crippen LogP contribution is 2.29. The zero-order valence-electron chi connectivity index (χ0n) is 16.4. The average molecular weight is 534 g/mol. The summed E-state index contributed by atoms with van der Waals surface area (Å²) in [5.74, 6) is 1.23. The summed E-state index contributed by atoms with van der Waals surface area (Å²) in [5, 5.41) is 14.4. The summed E-state index contributed by atoms with van der Waals surface area (Å²) in [4.78, 5) is 12.5. The van der Waals surface area contributed by atoms with E-state index in [9.17, 15) is 13.2 Å². The molecule has 0 bridgehead atoms. The Morgan fingerprint density at radius 2 is 1.83 bits per heavy atom. The maximum absolute atomic E-state index is 12.6. The molecule has 3 rings (SSSR count). The lowest BCUT2D eigenvalue weighted by Crippen LogP contribution is -2.39. The second-order valence-electron chi connectivity index (χ2n) is 6.20. The summed E-state index contributed by atoms with van der Waals surface area (Å²) in [7, 11) is 3.44. The normalized spacial score (nSPS) is 11.8. The SMILES string of the molecule is CN=C(NCCNc1ncnc2c1cnn2C)NCc1ccc(C(F)(F)F)cc1.I. The van der Waals surface area contributed by atoms with Gasteiger partial charge in [-0.15, -0.1) is 24.0 Å². The molecule has 0 saturated heterocycles. The van der Waals surface area contributed by atoms with Crippen molar-refractivity contribution >= 4 is 46.8 Å². The van der Waals surface area contributed by atoms with Crippen molar-refractivity contribution in [3.8, 4) is 0 Å². The van der Waals surface area contributed by atoms with E-state index >= 15 is 0 Å². The third kappa shape index (κ3) is 5.93. The Labute approximate surface area is 188 Å². The van der Waals surface area contributed by atoms with Gasteiger partial charge in [0.25, 0.3) is 0 Å². The number of alkyl halides is 3. The van der Waals surface area contributed by atoms with Gasteiger partial charge in [-0.2, -0.15) is 18.3 Å². The first-order chi connectivity index (χ1) is 13.9. The predicted molar refractivity (Wildman–Crippen MR) is 120 cm³/mol. The molecule has 0 amide bonds. The number of nitrogens with zero attached hydrogens (tertiary/aromatic N) is 5. The van der Waals surface area contributed by atoms with Crippen molar-refractivity contribution in [3.63, 3.8) is 0 Å².